The van der Waals surface area contributed by atoms with Gasteiger partial charge in [0.25, 0.3) is 5.91 Å². The zero-order valence-electron chi connectivity index (χ0n) is 15.4. The Morgan fingerprint density at radius 2 is 1.88 bits per heavy atom. The van der Waals surface area contributed by atoms with Crippen molar-refractivity contribution in [3.05, 3.63) is 59.2 Å². The van der Waals surface area contributed by atoms with Crippen LogP contribution in [-0.4, -0.2) is 32.0 Å². The second-order valence-corrected chi connectivity index (χ2v) is 6.78. The molecule has 1 atom stereocenters. The molecular weight excluding hydrogens is 328 g/mol. The Balaban J connectivity index is 1.58. The lowest BCUT2D eigenvalue weighted by Crippen LogP contribution is -2.31. The number of hydrogen-bond donors (Lipinski definition) is 1. The third-order valence-corrected chi connectivity index (χ3v) is 4.91. The lowest BCUT2D eigenvalue weighted by Gasteiger charge is -2.17. The fourth-order valence-electron chi connectivity index (χ4n) is 3.15. The number of carbonyl (C=O) groups is 2. The zero-order chi connectivity index (χ0) is 18.7. The number of ether oxygens (including phenoxy) is 1. The fraction of sp³-hybridized carbons (Fsp3) is 0.333. The van der Waals surface area contributed by atoms with E-state index in [0.717, 1.165) is 22.6 Å². The van der Waals surface area contributed by atoms with Crippen LogP contribution in [0.15, 0.2) is 42.5 Å². The smallest absolute Gasteiger partial charge is 0.251 e. The molecule has 0 saturated carbocycles. The molecule has 0 aromatic heterocycles. The van der Waals surface area contributed by atoms with Gasteiger partial charge in [0.05, 0.1) is 7.11 Å². The number of anilines is 1. The molecular formula is C21H24N2O3. The number of benzene rings is 2. The molecule has 0 unspecified atom stereocenters. The van der Waals surface area contributed by atoms with Crippen molar-refractivity contribution in [3.8, 4) is 5.75 Å². The maximum absolute atomic E-state index is 12.3. The van der Waals surface area contributed by atoms with Crippen molar-refractivity contribution < 1.29 is 14.3 Å². The molecule has 3 rings (SSSR count). The molecule has 1 fully saturated rings. The van der Waals surface area contributed by atoms with E-state index in [0.29, 0.717) is 25.1 Å². The van der Waals surface area contributed by atoms with Crippen LogP contribution in [0.25, 0.3) is 0 Å². The SMILES string of the molecule is COc1ccc(N2C[C@H](CNC(=O)c3ccc(C)c(C)c3)CC2=O)cc1. The van der Waals surface area contributed by atoms with E-state index in [9.17, 15) is 9.59 Å². The minimum atomic E-state index is -0.0940. The van der Waals surface area contributed by atoms with Gasteiger partial charge in [0.15, 0.2) is 0 Å². The number of rotatable bonds is 5. The number of amides is 2. The van der Waals surface area contributed by atoms with E-state index >= 15 is 0 Å². The summed E-state index contributed by atoms with van der Waals surface area (Å²) >= 11 is 0. The first-order valence-electron chi connectivity index (χ1n) is 8.78. The fourth-order valence-corrected chi connectivity index (χ4v) is 3.15. The van der Waals surface area contributed by atoms with E-state index in [1.54, 1.807) is 12.0 Å². The van der Waals surface area contributed by atoms with Crippen LogP contribution >= 0.6 is 0 Å². The molecule has 136 valence electrons. The third kappa shape index (κ3) is 3.87. The lowest BCUT2D eigenvalue weighted by atomic mass is 10.1. The molecule has 2 amide bonds. The normalized spacial score (nSPS) is 16.7. The first kappa shape index (κ1) is 18.0. The lowest BCUT2D eigenvalue weighted by molar-refractivity contribution is -0.117. The second-order valence-electron chi connectivity index (χ2n) is 6.78. The van der Waals surface area contributed by atoms with Gasteiger partial charge < -0.3 is 15.0 Å². The van der Waals surface area contributed by atoms with Crippen LogP contribution in [0.4, 0.5) is 5.69 Å². The van der Waals surface area contributed by atoms with Crippen molar-refractivity contribution >= 4 is 17.5 Å². The number of carbonyl (C=O) groups excluding carboxylic acids is 2. The number of methoxy groups -OCH3 is 1. The van der Waals surface area contributed by atoms with Gasteiger partial charge in [0.2, 0.25) is 5.91 Å². The van der Waals surface area contributed by atoms with Crippen LogP contribution in [0.2, 0.25) is 0 Å². The van der Waals surface area contributed by atoms with Crippen molar-refractivity contribution in [2.75, 3.05) is 25.1 Å². The van der Waals surface area contributed by atoms with E-state index in [-0.39, 0.29) is 17.7 Å². The summed E-state index contributed by atoms with van der Waals surface area (Å²) in [6.45, 7) is 5.12. The van der Waals surface area contributed by atoms with Gasteiger partial charge in [-0.15, -0.1) is 0 Å². The minimum absolute atomic E-state index is 0.0839. The van der Waals surface area contributed by atoms with Crippen LogP contribution in [0, 0.1) is 19.8 Å². The summed E-state index contributed by atoms with van der Waals surface area (Å²) in [5, 5.41) is 2.96. The van der Waals surface area contributed by atoms with Crippen molar-refractivity contribution in [3.63, 3.8) is 0 Å². The van der Waals surface area contributed by atoms with Crippen LogP contribution in [0.3, 0.4) is 0 Å². The van der Waals surface area contributed by atoms with Crippen molar-refractivity contribution in [1.82, 2.24) is 5.32 Å². The van der Waals surface area contributed by atoms with E-state index in [4.69, 9.17) is 4.74 Å². The highest BCUT2D eigenvalue weighted by molar-refractivity contribution is 5.96. The average Bonchev–Trinajstić information content (AvgIpc) is 3.02. The zero-order valence-corrected chi connectivity index (χ0v) is 15.4. The molecule has 2 aromatic carbocycles. The van der Waals surface area contributed by atoms with Crippen LogP contribution in [0.1, 0.15) is 27.9 Å². The maximum atomic E-state index is 12.3. The molecule has 0 radical (unpaired) electrons. The summed E-state index contributed by atoms with van der Waals surface area (Å²) in [4.78, 5) is 26.4. The summed E-state index contributed by atoms with van der Waals surface area (Å²) in [5.74, 6) is 0.863. The first-order valence-corrected chi connectivity index (χ1v) is 8.78. The van der Waals surface area contributed by atoms with E-state index in [1.165, 1.54) is 0 Å². The van der Waals surface area contributed by atoms with Gasteiger partial charge in [0.1, 0.15) is 5.75 Å². The molecule has 0 bridgehead atoms. The van der Waals surface area contributed by atoms with E-state index in [1.807, 2.05) is 56.3 Å². The molecule has 5 nitrogen and oxygen atoms in total. The molecule has 2 aromatic rings. The van der Waals surface area contributed by atoms with Crippen molar-refractivity contribution in [2.45, 2.75) is 20.3 Å². The first-order chi connectivity index (χ1) is 12.5. The third-order valence-electron chi connectivity index (χ3n) is 4.91. The van der Waals surface area contributed by atoms with Crippen molar-refractivity contribution in [2.24, 2.45) is 5.92 Å². The molecule has 0 spiro atoms. The number of nitrogens with one attached hydrogen (secondary N) is 1. The Bertz CT molecular complexity index is 815. The van der Waals surface area contributed by atoms with Gasteiger partial charge >= 0.3 is 0 Å². The Morgan fingerprint density at radius 1 is 1.15 bits per heavy atom. The summed E-state index contributed by atoms with van der Waals surface area (Å²) < 4.78 is 5.15. The molecule has 1 heterocycles. The van der Waals surface area contributed by atoms with E-state index in [2.05, 4.69) is 5.32 Å². The highest BCUT2D eigenvalue weighted by Gasteiger charge is 2.30. The summed E-state index contributed by atoms with van der Waals surface area (Å²) in [7, 11) is 1.62. The Labute approximate surface area is 154 Å². The van der Waals surface area contributed by atoms with Gasteiger partial charge in [0, 0.05) is 36.7 Å². The van der Waals surface area contributed by atoms with Crippen LogP contribution < -0.4 is 15.0 Å². The molecule has 1 aliphatic heterocycles. The predicted octanol–water partition coefficient (Wildman–Crippen LogP) is 3.09. The average molecular weight is 352 g/mol. The van der Waals surface area contributed by atoms with E-state index < -0.39 is 0 Å². The Morgan fingerprint density at radius 3 is 2.54 bits per heavy atom. The largest absolute Gasteiger partial charge is 0.497 e. The van der Waals surface area contributed by atoms with Gasteiger partial charge in [-0.3, -0.25) is 9.59 Å². The van der Waals surface area contributed by atoms with Gasteiger partial charge in [-0.25, -0.2) is 0 Å². The van der Waals surface area contributed by atoms with Gasteiger partial charge in [-0.2, -0.15) is 0 Å². The second kappa shape index (κ2) is 7.60. The van der Waals surface area contributed by atoms with Gasteiger partial charge in [-0.1, -0.05) is 6.07 Å². The highest BCUT2D eigenvalue weighted by Crippen LogP contribution is 2.26. The number of aryl methyl sites for hydroxylation is 2. The minimum Gasteiger partial charge on any atom is -0.497 e. The topological polar surface area (TPSA) is 58.6 Å². The highest BCUT2D eigenvalue weighted by atomic mass is 16.5. The Hall–Kier alpha value is -2.82. The molecule has 0 aliphatic carbocycles. The molecule has 1 N–H and O–H groups in total. The standard InChI is InChI=1S/C21H24N2O3/c1-14-4-5-17(10-15(14)2)21(25)22-12-16-11-20(24)23(13-16)18-6-8-19(26-3)9-7-18/h4-10,16H,11-13H2,1-3H3,(H,22,25)/t16-/m0/s1. The quantitative estimate of drug-likeness (QED) is 0.900. The maximum Gasteiger partial charge on any atom is 0.251 e. The molecule has 1 saturated heterocycles. The summed E-state index contributed by atoms with van der Waals surface area (Å²) in [6, 6.07) is 13.1. The molecule has 26 heavy (non-hydrogen) atoms. The predicted molar refractivity (Wildman–Crippen MR) is 102 cm³/mol. The Kier molecular flexibility index (Phi) is 5.26. The molecule has 5 heteroatoms. The van der Waals surface area contributed by atoms with Crippen molar-refractivity contribution in [1.29, 1.82) is 0 Å². The number of hydrogen-bond acceptors (Lipinski definition) is 3. The summed E-state index contributed by atoms with van der Waals surface area (Å²) in [6.07, 6.45) is 0.444. The summed E-state index contributed by atoms with van der Waals surface area (Å²) in [5.41, 5.74) is 3.78. The van der Waals surface area contributed by atoms with Crippen LogP contribution in [-0.2, 0) is 4.79 Å². The van der Waals surface area contributed by atoms with Crippen LogP contribution in [0.5, 0.6) is 5.75 Å². The molecule has 1 aliphatic rings. The monoisotopic (exact) mass is 352 g/mol. The number of nitrogens with zero attached hydrogens (tertiary/aromatic N) is 1. The van der Waals surface area contributed by atoms with Gasteiger partial charge in [-0.05, 0) is 61.4 Å².